The van der Waals surface area contributed by atoms with Gasteiger partial charge in [0.05, 0.1) is 11.0 Å². The largest absolute Gasteiger partial charge is 0.385 e. The Bertz CT molecular complexity index is 481. The van der Waals surface area contributed by atoms with Gasteiger partial charge in [0.15, 0.2) is 11.5 Å². The van der Waals surface area contributed by atoms with Gasteiger partial charge >= 0.3 is 0 Å². The zero-order chi connectivity index (χ0) is 14.4. The van der Waals surface area contributed by atoms with E-state index >= 15 is 0 Å². The van der Waals surface area contributed by atoms with Gasteiger partial charge in [0.2, 0.25) is 5.91 Å². The second-order valence-electron chi connectivity index (χ2n) is 3.77. The van der Waals surface area contributed by atoms with Crippen LogP contribution in [0.2, 0.25) is 0 Å². The standard InChI is InChI=1S/C11H14FN3O4/c1-19-6-5-8(13)11(16)14-10-7(12)3-2-4-9(10)15(17)18/h2-4,8H,5-6,13H2,1H3,(H,14,16). The molecule has 8 heteroatoms. The number of benzene rings is 1. The number of hydrogen-bond acceptors (Lipinski definition) is 5. The lowest BCUT2D eigenvalue weighted by Crippen LogP contribution is -2.36. The van der Waals surface area contributed by atoms with Gasteiger partial charge in [-0.3, -0.25) is 14.9 Å². The van der Waals surface area contributed by atoms with Crippen LogP contribution in [0.3, 0.4) is 0 Å². The number of carbonyl (C=O) groups is 1. The van der Waals surface area contributed by atoms with E-state index in [1.54, 1.807) is 0 Å². The molecule has 104 valence electrons. The molecule has 7 nitrogen and oxygen atoms in total. The Labute approximate surface area is 108 Å². The third kappa shape index (κ3) is 3.97. The number of nitrogens with two attached hydrogens (primary N) is 1. The Hall–Kier alpha value is -2.06. The summed E-state index contributed by atoms with van der Waals surface area (Å²) < 4.78 is 18.3. The maximum absolute atomic E-state index is 13.5. The summed E-state index contributed by atoms with van der Waals surface area (Å²) in [4.78, 5) is 21.6. The van der Waals surface area contributed by atoms with E-state index in [1.165, 1.54) is 13.2 Å². The first-order valence-electron chi connectivity index (χ1n) is 5.45. The molecule has 0 spiro atoms. The Morgan fingerprint density at radius 1 is 1.63 bits per heavy atom. The molecule has 0 saturated carbocycles. The average molecular weight is 271 g/mol. The van der Waals surface area contributed by atoms with Gasteiger partial charge in [0.1, 0.15) is 0 Å². The number of amides is 1. The number of para-hydroxylation sites is 1. The number of ether oxygens (including phenoxy) is 1. The van der Waals surface area contributed by atoms with Crippen LogP contribution in [0.5, 0.6) is 0 Å². The summed E-state index contributed by atoms with van der Waals surface area (Å²) in [5.74, 6) is -1.59. The Morgan fingerprint density at radius 2 is 2.32 bits per heavy atom. The first-order chi connectivity index (χ1) is 8.97. The molecule has 3 N–H and O–H groups in total. The third-order valence-corrected chi connectivity index (χ3v) is 2.41. The Balaban J connectivity index is 2.87. The highest BCUT2D eigenvalue weighted by Gasteiger charge is 2.22. The van der Waals surface area contributed by atoms with Crippen LogP contribution in [-0.4, -0.2) is 30.6 Å². The van der Waals surface area contributed by atoms with Crippen LogP contribution in [0.4, 0.5) is 15.8 Å². The number of methoxy groups -OCH3 is 1. The van der Waals surface area contributed by atoms with Crippen LogP contribution < -0.4 is 11.1 Å². The van der Waals surface area contributed by atoms with Gasteiger partial charge in [-0.15, -0.1) is 0 Å². The van der Waals surface area contributed by atoms with Crippen molar-refractivity contribution in [3.8, 4) is 0 Å². The summed E-state index contributed by atoms with van der Waals surface area (Å²) in [7, 11) is 1.45. The van der Waals surface area contributed by atoms with Gasteiger partial charge in [-0.2, -0.15) is 0 Å². The molecule has 0 radical (unpaired) electrons. The van der Waals surface area contributed by atoms with E-state index in [0.717, 1.165) is 12.1 Å². The molecule has 0 aliphatic rings. The molecule has 1 aromatic rings. The summed E-state index contributed by atoms with van der Waals surface area (Å²) in [6.45, 7) is 0.258. The molecule has 0 fully saturated rings. The second kappa shape index (κ2) is 6.76. The molecule has 1 atom stereocenters. The number of nitrogens with one attached hydrogen (secondary N) is 1. The maximum atomic E-state index is 13.5. The number of nitrogens with zero attached hydrogens (tertiary/aromatic N) is 1. The fourth-order valence-corrected chi connectivity index (χ4v) is 1.38. The molecule has 1 amide bonds. The fourth-order valence-electron chi connectivity index (χ4n) is 1.38. The quantitative estimate of drug-likeness (QED) is 0.593. The summed E-state index contributed by atoms with van der Waals surface area (Å²) in [5, 5.41) is 12.9. The van der Waals surface area contributed by atoms with E-state index in [0.29, 0.717) is 0 Å². The summed E-state index contributed by atoms with van der Waals surface area (Å²) in [6.07, 6.45) is 0.227. The minimum Gasteiger partial charge on any atom is -0.385 e. The maximum Gasteiger partial charge on any atom is 0.295 e. The molecule has 0 aliphatic carbocycles. The Kier molecular flexibility index (Phi) is 5.34. The SMILES string of the molecule is COCCC(N)C(=O)Nc1c(F)cccc1[N+](=O)[O-]. The number of nitro benzene ring substituents is 1. The lowest BCUT2D eigenvalue weighted by atomic mass is 10.2. The molecule has 0 aliphatic heterocycles. The van der Waals surface area contributed by atoms with Gasteiger partial charge in [0, 0.05) is 19.8 Å². The van der Waals surface area contributed by atoms with Crippen molar-refractivity contribution in [3.05, 3.63) is 34.1 Å². The van der Waals surface area contributed by atoms with Gasteiger partial charge in [-0.25, -0.2) is 4.39 Å². The van der Waals surface area contributed by atoms with Crippen molar-refractivity contribution in [1.29, 1.82) is 0 Å². The number of anilines is 1. The number of hydrogen-bond donors (Lipinski definition) is 2. The van der Waals surface area contributed by atoms with E-state index in [2.05, 4.69) is 5.32 Å². The predicted molar refractivity (Wildman–Crippen MR) is 66.2 cm³/mol. The molecule has 0 saturated heterocycles. The summed E-state index contributed by atoms with van der Waals surface area (Å²) in [5.41, 5.74) is 4.54. The molecule has 1 rings (SSSR count). The Morgan fingerprint density at radius 3 is 2.89 bits per heavy atom. The topological polar surface area (TPSA) is 107 Å². The molecule has 19 heavy (non-hydrogen) atoms. The second-order valence-corrected chi connectivity index (χ2v) is 3.77. The van der Waals surface area contributed by atoms with Crippen molar-refractivity contribution in [2.24, 2.45) is 5.73 Å². The fraction of sp³-hybridized carbons (Fsp3) is 0.364. The van der Waals surface area contributed by atoms with Crippen LogP contribution in [0.25, 0.3) is 0 Å². The van der Waals surface area contributed by atoms with Crippen molar-refractivity contribution >= 4 is 17.3 Å². The van der Waals surface area contributed by atoms with Gasteiger partial charge in [-0.05, 0) is 12.5 Å². The van der Waals surface area contributed by atoms with Crippen LogP contribution in [-0.2, 0) is 9.53 Å². The van der Waals surface area contributed by atoms with Gasteiger partial charge in [0.25, 0.3) is 5.69 Å². The highest BCUT2D eigenvalue weighted by atomic mass is 19.1. The first-order valence-corrected chi connectivity index (χ1v) is 5.45. The summed E-state index contributed by atoms with van der Waals surface area (Å²) >= 11 is 0. The zero-order valence-corrected chi connectivity index (χ0v) is 10.3. The van der Waals surface area contributed by atoms with Crippen molar-refractivity contribution in [3.63, 3.8) is 0 Å². The van der Waals surface area contributed by atoms with Crippen molar-refractivity contribution in [1.82, 2.24) is 0 Å². The average Bonchev–Trinajstić information content (AvgIpc) is 2.37. The lowest BCUT2D eigenvalue weighted by Gasteiger charge is -2.12. The first kappa shape index (κ1) is 15.0. The van der Waals surface area contributed by atoms with E-state index < -0.39 is 34.1 Å². The number of rotatable bonds is 6. The molecule has 1 aromatic carbocycles. The normalized spacial score (nSPS) is 11.9. The molecule has 0 aromatic heterocycles. The van der Waals surface area contributed by atoms with Crippen molar-refractivity contribution in [2.75, 3.05) is 19.0 Å². The van der Waals surface area contributed by atoms with Crippen molar-refractivity contribution in [2.45, 2.75) is 12.5 Å². The number of halogens is 1. The monoisotopic (exact) mass is 271 g/mol. The van der Waals surface area contributed by atoms with Crippen molar-refractivity contribution < 1.29 is 18.8 Å². The molecule has 0 heterocycles. The summed E-state index contributed by atoms with van der Waals surface area (Å²) in [6, 6.07) is 2.37. The number of nitro groups is 1. The minimum atomic E-state index is -0.931. The third-order valence-electron chi connectivity index (χ3n) is 2.41. The predicted octanol–water partition coefficient (Wildman–Crippen LogP) is 1.04. The highest BCUT2D eigenvalue weighted by Crippen LogP contribution is 2.26. The van der Waals surface area contributed by atoms with Gasteiger partial charge in [-0.1, -0.05) is 6.07 Å². The van der Waals surface area contributed by atoms with Crippen LogP contribution in [0, 0.1) is 15.9 Å². The number of carbonyl (C=O) groups excluding carboxylic acids is 1. The molecular weight excluding hydrogens is 257 g/mol. The smallest absolute Gasteiger partial charge is 0.295 e. The van der Waals surface area contributed by atoms with Crippen LogP contribution >= 0.6 is 0 Å². The molecule has 1 unspecified atom stereocenters. The molecular formula is C11H14FN3O4. The van der Waals surface area contributed by atoms with E-state index in [-0.39, 0.29) is 13.0 Å². The van der Waals surface area contributed by atoms with E-state index in [4.69, 9.17) is 10.5 Å². The van der Waals surface area contributed by atoms with E-state index in [9.17, 15) is 19.3 Å². The van der Waals surface area contributed by atoms with Crippen LogP contribution in [0.1, 0.15) is 6.42 Å². The lowest BCUT2D eigenvalue weighted by molar-refractivity contribution is -0.384. The molecule has 0 bridgehead atoms. The van der Waals surface area contributed by atoms with E-state index in [1.807, 2.05) is 0 Å². The van der Waals surface area contributed by atoms with Crippen LogP contribution in [0.15, 0.2) is 18.2 Å². The highest BCUT2D eigenvalue weighted by molar-refractivity contribution is 5.96. The minimum absolute atomic E-state index is 0.227. The zero-order valence-electron chi connectivity index (χ0n) is 10.3. The van der Waals surface area contributed by atoms with Gasteiger partial charge < -0.3 is 15.8 Å².